The van der Waals surface area contributed by atoms with Crippen molar-refractivity contribution in [3.05, 3.63) is 150 Å². The number of hydrogen-bond donors (Lipinski definition) is 1. The second kappa shape index (κ2) is 11.8. The van der Waals surface area contributed by atoms with Crippen molar-refractivity contribution in [1.82, 2.24) is 9.13 Å². The van der Waals surface area contributed by atoms with Crippen LogP contribution in [-0.4, -0.2) is 9.13 Å². The Balaban J connectivity index is 0.000000328. The predicted molar refractivity (Wildman–Crippen MR) is 184 cm³/mol. The number of allylic oxidation sites excluding steroid dienone is 4. The average molecular weight is 560 g/mol. The molecular formula is C40H37N3. The summed E-state index contributed by atoms with van der Waals surface area (Å²) in [6.07, 6.45) is 10.4. The van der Waals surface area contributed by atoms with Crippen LogP contribution in [0.25, 0.3) is 49.3 Å². The smallest absolute Gasteiger partial charge is 0.0785 e. The molecule has 7 aromatic rings. The lowest BCUT2D eigenvalue weighted by Crippen LogP contribution is -2.07. The second-order valence-electron chi connectivity index (χ2n) is 11.3. The topological polar surface area (TPSA) is 35.9 Å². The number of hydrogen-bond acceptors (Lipinski definition) is 1. The molecule has 3 heteroatoms. The molecule has 0 bridgehead atoms. The molecule has 0 saturated heterocycles. The van der Waals surface area contributed by atoms with Crippen molar-refractivity contribution in [2.24, 2.45) is 5.73 Å². The summed E-state index contributed by atoms with van der Waals surface area (Å²) in [7, 11) is 0. The quantitative estimate of drug-likeness (QED) is 0.224. The Morgan fingerprint density at radius 2 is 1.26 bits per heavy atom. The van der Waals surface area contributed by atoms with Crippen LogP contribution >= 0.6 is 0 Å². The maximum atomic E-state index is 6.13. The predicted octanol–water partition coefficient (Wildman–Crippen LogP) is 10.1. The number of rotatable bonds is 5. The van der Waals surface area contributed by atoms with Crippen molar-refractivity contribution in [3.8, 4) is 5.69 Å². The van der Waals surface area contributed by atoms with Crippen LogP contribution in [0, 0.1) is 0 Å². The molecule has 5 aromatic carbocycles. The first kappa shape index (κ1) is 27.0. The zero-order chi connectivity index (χ0) is 29.2. The number of fused-ring (bicyclic) bond motifs is 7. The summed E-state index contributed by atoms with van der Waals surface area (Å²) >= 11 is 0. The fourth-order valence-corrected chi connectivity index (χ4v) is 6.63. The number of aromatic nitrogens is 2. The number of nitrogens with zero attached hydrogens (tertiary/aromatic N) is 2. The molecule has 1 aliphatic rings. The van der Waals surface area contributed by atoms with Gasteiger partial charge in [0.2, 0.25) is 0 Å². The minimum Gasteiger partial charge on any atom is -0.334 e. The summed E-state index contributed by atoms with van der Waals surface area (Å²) < 4.78 is 4.91. The van der Waals surface area contributed by atoms with Gasteiger partial charge >= 0.3 is 0 Å². The molecule has 1 aliphatic carbocycles. The van der Waals surface area contributed by atoms with Gasteiger partial charge in [-0.2, -0.15) is 0 Å². The van der Waals surface area contributed by atoms with Gasteiger partial charge in [0.15, 0.2) is 0 Å². The second-order valence-corrected chi connectivity index (χ2v) is 11.3. The van der Waals surface area contributed by atoms with Gasteiger partial charge in [-0.15, -0.1) is 0 Å². The normalized spacial score (nSPS) is 13.0. The lowest BCUT2D eigenvalue weighted by molar-refractivity contribution is 0.848. The van der Waals surface area contributed by atoms with Gasteiger partial charge in [0.25, 0.3) is 0 Å². The molecule has 0 amide bonds. The van der Waals surface area contributed by atoms with Gasteiger partial charge in [-0.1, -0.05) is 122 Å². The summed E-state index contributed by atoms with van der Waals surface area (Å²) in [6.45, 7) is 3.52. The third kappa shape index (κ3) is 4.86. The highest BCUT2D eigenvalue weighted by atomic mass is 15.0. The third-order valence-corrected chi connectivity index (χ3v) is 8.80. The Morgan fingerprint density at radius 1 is 0.628 bits per heavy atom. The van der Waals surface area contributed by atoms with Gasteiger partial charge in [-0.25, -0.2) is 0 Å². The van der Waals surface area contributed by atoms with Crippen molar-refractivity contribution >= 4 is 43.6 Å². The Hall–Kier alpha value is -4.86. The molecule has 2 heterocycles. The molecule has 0 aliphatic heterocycles. The van der Waals surface area contributed by atoms with E-state index < -0.39 is 0 Å². The Labute approximate surface area is 253 Å². The van der Waals surface area contributed by atoms with E-state index in [1.165, 1.54) is 79.7 Å². The Kier molecular flexibility index (Phi) is 7.40. The maximum absolute atomic E-state index is 6.13. The molecule has 2 N–H and O–H groups in total. The van der Waals surface area contributed by atoms with E-state index in [9.17, 15) is 0 Å². The van der Waals surface area contributed by atoms with Gasteiger partial charge in [0.1, 0.15) is 0 Å². The van der Waals surface area contributed by atoms with Gasteiger partial charge in [-0.05, 0) is 54.7 Å². The fourth-order valence-electron chi connectivity index (χ4n) is 6.63. The first-order valence-corrected chi connectivity index (χ1v) is 15.4. The SMILES string of the molecule is CCC1=CC=CCC1.NCc1ccccc1Cn1c2ccccc2c2ccc3c4ccccc4n(-c4ccccc4)c3c21. The van der Waals surface area contributed by atoms with E-state index in [1.54, 1.807) is 5.57 Å². The Morgan fingerprint density at radius 3 is 1.93 bits per heavy atom. The fraction of sp³-hybridized carbons (Fsp3) is 0.150. The summed E-state index contributed by atoms with van der Waals surface area (Å²) in [5.74, 6) is 0. The molecule has 43 heavy (non-hydrogen) atoms. The molecule has 0 unspecified atom stereocenters. The van der Waals surface area contributed by atoms with Crippen LogP contribution in [0.1, 0.15) is 37.3 Å². The molecule has 8 rings (SSSR count). The van der Waals surface area contributed by atoms with Gasteiger partial charge in [-0.3, -0.25) is 0 Å². The monoisotopic (exact) mass is 559 g/mol. The maximum Gasteiger partial charge on any atom is 0.0785 e. The number of para-hydroxylation sites is 3. The van der Waals surface area contributed by atoms with E-state index in [1.807, 2.05) is 0 Å². The summed E-state index contributed by atoms with van der Waals surface area (Å²) in [6, 6.07) is 41.3. The van der Waals surface area contributed by atoms with E-state index in [0.717, 1.165) is 6.54 Å². The molecule has 0 atom stereocenters. The standard InChI is InChI=1S/C32H25N3.C8H12/c33-20-22-10-4-5-11-23(22)21-34-29-16-8-6-14-25(29)27-18-19-28-26-15-7-9-17-30(26)35(32(28)31(27)34)24-12-2-1-3-13-24;1-2-8-6-4-3-5-7-8/h1-19H,20-21,33H2;3-4,6H,2,5,7H2,1H3. The highest BCUT2D eigenvalue weighted by molar-refractivity contribution is 6.23. The van der Waals surface area contributed by atoms with E-state index >= 15 is 0 Å². The average Bonchev–Trinajstić information content (AvgIpc) is 3.59. The lowest BCUT2D eigenvalue weighted by Gasteiger charge is -2.14. The zero-order valence-corrected chi connectivity index (χ0v) is 24.7. The third-order valence-electron chi connectivity index (χ3n) is 8.80. The minimum atomic E-state index is 0.535. The molecular weight excluding hydrogens is 522 g/mol. The van der Waals surface area contributed by atoms with E-state index in [4.69, 9.17) is 5.73 Å². The minimum absolute atomic E-state index is 0.535. The highest BCUT2D eigenvalue weighted by Gasteiger charge is 2.20. The van der Waals surface area contributed by atoms with Crippen LogP contribution in [0.3, 0.4) is 0 Å². The number of benzene rings is 5. The van der Waals surface area contributed by atoms with E-state index in [-0.39, 0.29) is 0 Å². The van der Waals surface area contributed by atoms with Crippen LogP contribution in [0.4, 0.5) is 0 Å². The van der Waals surface area contributed by atoms with Crippen LogP contribution in [0.5, 0.6) is 0 Å². The molecule has 0 fully saturated rings. The molecule has 212 valence electrons. The first-order valence-electron chi connectivity index (χ1n) is 15.4. The van der Waals surface area contributed by atoms with Crippen LogP contribution in [-0.2, 0) is 13.1 Å². The van der Waals surface area contributed by atoms with E-state index in [0.29, 0.717) is 6.54 Å². The lowest BCUT2D eigenvalue weighted by atomic mass is 10.0. The summed E-state index contributed by atoms with van der Waals surface area (Å²) in [4.78, 5) is 0. The number of nitrogens with two attached hydrogens (primary N) is 1. The Bertz CT molecular complexity index is 2120. The van der Waals surface area contributed by atoms with Gasteiger partial charge < -0.3 is 14.9 Å². The van der Waals surface area contributed by atoms with Crippen molar-refractivity contribution < 1.29 is 0 Å². The first-order chi connectivity index (χ1) is 21.3. The summed E-state index contributed by atoms with van der Waals surface area (Å²) in [5.41, 5.74) is 16.3. The summed E-state index contributed by atoms with van der Waals surface area (Å²) in [5, 5.41) is 5.10. The molecule has 0 radical (unpaired) electrons. The van der Waals surface area contributed by atoms with E-state index in [2.05, 4.69) is 150 Å². The molecule has 0 spiro atoms. The molecule has 3 nitrogen and oxygen atoms in total. The zero-order valence-electron chi connectivity index (χ0n) is 24.7. The van der Waals surface area contributed by atoms with Crippen molar-refractivity contribution in [2.75, 3.05) is 0 Å². The van der Waals surface area contributed by atoms with Crippen molar-refractivity contribution in [1.29, 1.82) is 0 Å². The van der Waals surface area contributed by atoms with Crippen LogP contribution in [0.2, 0.25) is 0 Å². The van der Waals surface area contributed by atoms with Crippen LogP contribution < -0.4 is 5.73 Å². The van der Waals surface area contributed by atoms with Gasteiger partial charge in [0, 0.05) is 45.8 Å². The van der Waals surface area contributed by atoms with Crippen LogP contribution in [0.15, 0.2) is 139 Å². The molecule has 0 saturated carbocycles. The largest absolute Gasteiger partial charge is 0.334 e. The highest BCUT2D eigenvalue weighted by Crippen LogP contribution is 2.40. The molecule has 2 aromatic heterocycles. The van der Waals surface area contributed by atoms with Crippen molar-refractivity contribution in [3.63, 3.8) is 0 Å². The van der Waals surface area contributed by atoms with Crippen molar-refractivity contribution in [2.45, 2.75) is 39.3 Å². The van der Waals surface area contributed by atoms with Gasteiger partial charge in [0.05, 0.1) is 16.6 Å².